The van der Waals surface area contributed by atoms with Crippen molar-refractivity contribution in [1.29, 1.82) is 0 Å². The number of nitrogens with one attached hydrogen (secondary N) is 1. The van der Waals surface area contributed by atoms with Crippen LogP contribution in [-0.4, -0.2) is 33.4 Å². The van der Waals surface area contributed by atoms with Gasteiger partial charge >= 0.3 is 0 Å². The number of hydrogen-bond donors (Lipinski definition) is 2. The summed E-state index contributed by atoms with van der Waals surface area (Å²) < 4.78 is 20.2. The molecular weight excluding hydrogens is 369 g/mol. The number of amides is 1. The number of imidazole rings is 1. The van der Waals surface area contributed by atoms with E-state index >= 15 is 0 Å². The number of carbonyl (C=O) groups is 1. The average molecular weight is 385 g/mol. The highest BCUT2D eigenvalue weighted by Crippen LogP contribution is 2.43. The number of ether oxygens (including phenoxy) is 1. The zero-order valence-corrected chi connectivity index (χ0v) is 15.2. The second-order valence-corrected chi connectivity index (χ2v) is 7.09. The molecule has 0 fully saturated rings. The summed E-state index contributed by atoms with van der Waals surface area (Å²) in [4.78, 5) is 16.4. The van der Waals surface area contributed by atoms with Crippen LogP contribution >= 0.6 is 11.8 Å². The largest absolute Gasteiger partial charge is 0.504 e. The number of halogens is 1. The molecule has 0 spiro atoms. The van der Waals surface area contributed by atoms with Crippen molar-refractivity contribution in [1.82, 2.24) is 9.55 Å². The number of rotatable bonds is 3. The molecule has 0 saturated heterocycles. The van der Waals surface area contributed by atoms with Crippen LogP contribution in [0, 0.1) is 5.82 Å². The van der Waals surface area contributed by atoms with Gasteiger partial charge in [-0.05, 0) is 42.0 Å². The van der Waals surface area contributed by atoms with Gasteiger partial charge in [0.05, 0.1) is 23.8 Å². The maximum atomic E-state index is 13.3. The van der Waals surface area contributed by atoms with Crippen LogP contribution in [0.2, 0.25) is 0 Å². The molecule has 0 bridgehead atoms. The molecule has 4 rings (SSSR count). The molecule has 0 saturated carbocycles. The highest BCUT2D eigenvalue weighted by atomic mass is 32.2. The van der Waals surface area contributed by atoms with Crippen molar-refractivity contribution in [2.75, 3.05) is 18.2 Å². The minimum atomic E-state index is -0.329. The molecule has 6 nitrogen and oxygen atoms in total. The Bertz CT molecular complexity index is 1000. The van der Waals surface area contributed by atoms with Crippen LogP contribution in [-0.2, 0) is 4.79 Å². The summed E-state index contributed by atoms with van der Waals surface area (Å²) >= 11 is 1.43. The van der Waals surface area contributed by atoms with Gasteiger partial charge in [0.25, 0.3) is 0 Å². The maximum absolute atomic E-state index is 13.3. The Morgan fingerprint density at radius 1 is 1.30 bits per heavy atom. The Morgan fingerprint density at radius 3 is 2.78 bits per heavy atom. The van der Waals surface area contributed by atoms with Gasteiger partial charge in [-0.3, -0.25) is 9.36 Å². The fraction of sp³-hybridized carbons (Fsp3) is 0.158. The van der Waals surface area contributed by atoms with E-state index < -0.39 is 0 Å². The van der Waals surface area contributed by atoms with E-state index in [0.717, 1.165) is 16.9 Å². The Balaban J connectivity index is 1.85. The molecule has 0 aliphatic carbocycles. The van der Waals surface area contributed by atoms with E-state index in [4.69, 9.17) is 4.74 Å². The summed E-state index contributed by atoms with van der Waals surface area (Å²) in [5.74, 6) is 0.620. The Morgan fingerprint density at radius 2 is 2.07 bits per heavy atom. The standard InChI is InChI=1S/C19H16FN3O3S/c1-26-15-7-2-11(8-14(15)24)18-17-19(22-16(25)9-27-18)21-10-23(17)13-5-3-12(20)4-6-13/h2-8,10,18,24H,9H2,1H3,(H,22,25)/t18-/m1/s1. The molecule has 2 aromatic carbocycles. The predicted molar refractivity (Wildman–Crippen MR) is 101 cm³/mol. The molecular formula is C19H16FN3O3S. The molecule has 1 aliphatic heterocycles. The summed E-state index contributed by atoms with van der Waals surface area (Å²) in [5.41, 5.74) is 2.28. The third-order valence-electron chi connectivity index (χ3n) is 4.30. The van der Waals surface area contributed by atoms with Crippen LogP contribution in [0.15, 0.2) is 48.8 Å². The number of anilines is 1. The molecule has 1 amide bonds. The summed E-state index contributed by atoms with van der Waals surface area (Å²) in [7, 11) is 1.49. The number of nitrogens with zero attached hydrogens (tertiary/aromatic N) is 2. The number of carbonyl (C=O) groups excluding carboxylic acids is 1. The van der Waals surface area contributed by atoms with Crippen LogP contribution in [0.4, 0.5) is 10.2 Å². The van der Waals surface area contributed by atoms with Gasteiger partial charge in [-0.2, -0.15) is 0 Å². The second kappa shape index (κ2) is 6.96. The first kappa shape index (κ1) is 17.4. The summed E-state index contributed by atoms with van der Waals surface area (Å²) in [6.07, 6.45) is 1.60. The molecule has 3 aromatic rings. The molecule has 8 heteroatoms. The van der Waals surface area contributed by atoms with Crippen LogP contribution in [0.1, 0.15) is 16.5 Å². The number of fused-ring (bicyclic) bond motifs is 1. The van der Waals surface area contributed by atoms with Crippen molar-refractivity contribution in [3.05, 3.63) is 65.9 Å². The van der Waals surface area contributed by atoms with E-state index in [9.17, 15) is 14.3 Å². The minimum Gasteiger partial charge on any atom is -0.504 e. The fourth-order valence-electron chi connectivity index (χ4n) is 3.04. The molecule has 1 aromatic heterocycles. The SMILES string of the molecule is COc1ccc([C@H]2SCC(=O)Nc3ncn(-c4ccc(F)cc4)c32)cc1O. The van der Waals surface area contributed by atoms with Gasteiger partial charge in [-0.15, -0.1) is 11.8 Å². The number of phenols is 1. The minimum absolute atomic E-state index is 0.0218. The summed E-state index contributed by atoms with van der Waals surface area (Å²) in [5, 5.41) is 12.7. The molecule has 0 radical (unpaired) electrons. The third-order valence-corrected chi connectivity index (χ3v) is 5.56. The van der Waals surface area contributed by atoms with E-state index in [2.05, 4.69) is 10.3 Å². The first-order valence-corrected chi connectivity index (χ1v) is 9.23. The summed E-state index contributed by atoms with van der Waals surface area (Å²) in [6, 6.07) is 11.2. The number of benzene rings is 2. The van der Waals surface area contributed by atoms with E-state index in [-0.39, 0.29) is 28.5 Å². The van der Waals surface area contributed by atoms with E-state index in [0.29, 0.717) is 11.6 Å². The zero-order valence-electron chi connectivity index (χ0n) is 14.3. The number of phenolic OH excluding ortho intramolecular Hbond substituents is 1. The van der Waals surface area contributed by atoms with Gasteiger partial charge in [-0.25, -0.2) is 9.37 Å². The van der Waals surface area contributed by atoms with Crippen molar-refractivity contribution in [2.24, 2.45) is 0 Å². The summed E-state index contributed by atoms with van der Waals surface area (Å²) in [6.45, 7) is 0. The topological polar surface area (TPSA) is 76.4 Å². The van der Waals surface area contributed by atoms with Gasteiger partial charge in [0.15, 0.2) is 17.3 Å². The quantitative estimate of drug-likeness (QED) is 0.722. The number of methoxy groups -OCH3 is 1. The molecule has 138 valence electrons. The normalized spacial score (nSPS) is 16.4. The maximum Gasteiger partial charge on any atom is 0.235 e. The molecule has 2 N–H and O–H groups in total. The van der Waals surface area contributed by atoms with Crippen LogP contribution in [0.5, 0.6) is 11.5 Å². The van der Waals surface area contributed by atoms with Crippen molar-refractivity contribution in [2.45, 2.75) is 5.25 Å². The lowest BCUT2D eigenvalue weighted by molar-refractivity contribution is -0.113. The van der Waals surface area contributed by atoms with Crippen molar-refractivity contribution in [3.8, 4) is 17.2 Å². The molecule has 0 unspecified atom stereocenters. The van der Waals surface area contributed by atoms with Crippen molar-refractivity contribution >= 4 is 23.5 Å². The smallest absolute Gasteiger partial charge is 0.235 e. The van der Waals surface area contributed by atoms with Crippen LogP contribution in [0.3, 0.4) is 0 Å². The highest BCUT2D eigenvalue weighted by molar-refractivity contribution is 8.00. The molecule has 2 heterocycles. The van der Waals surface area contributed by atoms with Gasteiger partial charge < -0.3 is 15.2 Å². The number of thioether (sulfide) groups is 1. The Hall–Kier alpha value is -3.00. The lowest BCUT2D eigenvalue weighted by Gasteiger charge is -2.19. The van der Waals surface area contributed by atoms with E-state index in [1.807, 2.05) is 10.6 Å². The van der Waals surface area contributed by atoms with Crippen molar-refractivity contribution < 1.29 is 19.0 Å². The number of hydrogen-bond acceptors (Lipinski definition) is 5. The molecule has 27 heavy (non-hydrogen) atoms. The first-order valence-electron chi connectivity index (χ1n) is 8.18. The Kier molecular flexibility index (Phi) is 4.49. The third kappa shape index (κ3) is 3.23. The lowest BCUT2D eigenvalue weighted by Crippen LogP contribution is -2.12. The predicted octanol–water partition coefficient (Wildman–Crippen LogP) is 3.50. The van der Waals surface area contributed by atoms with E-state index in [1.54, 1.807) is 30.6 Å². The first-order chi connectivity index (χ1) is 13.1. The highest BCUT2D eigenvalue weighted by Gasteiger charge is 2.29. The van der Waals surface area contributed by atoms with Crippen LogP contribution in [0.25, 0.3) is 5.69 Å². The number of aromatic nitrogens is 2. The van der Waals surface area contributed by atoms with E-state index in [1.165, 1.54) is 31.0 Å². The average Bonchev–Trinajstić information content (AvgIpc) is 2.98. The molecule has 1 aliphatic rings. The van der Waals surface area contributed by atoms with Gasteiger partial charge in [0.1, 0.15) is 12.1 Å². The number of aromatic hydroxyl groups is 1. The van der Waals surface area contributed by atoms with Crippen LogP contribution < -0.4 is 10.1 Å². The van der Waals surface area contributed by atoms with Gasteiger partial charge in [0.2, 0.25) is 5.91 Å². The van der Waals surface area contributed by atoms with Gasteiger partial charge in [-0.1, -0.05) is 6.07 Å². The zero-order chi connectivity index (χ0) is 19.0. The molecule has 1 atom stereocenters. The second-order valence-electron chi connectivity index (χ2n) is 6.00. The van der Waals surface area contributed by atoms with Gasteiger partial charge in [0, 0.05) is 5.69 Å². The monoisotopic (exact) mass is 385 g/mol. The van der Waals surface area contributed by atoms with Crippen molar-refractivity contribution in [3.63, 3.8) is 0 Å². The fourth-order valence-corrected chi connectivity index (χ4v) is 4.15. The Labute approximate surface area is 159 Å². The lowest BCUT2D eigenvalue weighted by atomic mass is 10.1.